The molecule has 0 N–H and O–H groups in total. The van der Waals surface area contributed by atoms with Gasteiger partial charge in [0.25, 0.3) is 0 Å². The minimum absolute atomic E-state index is 0.0852. The van der Waals surface area contributed by atoms with Gasteiger partial charge < -0.3 is 4.90 Å². The minimum atomic E-state index is 0.0852. The quantitative estimate of drug-likeness (QED) is 0.805. The molecule has 0 fully saturated rings. The Hall–Kier alpha value is -1.34. The summed E-state index contributed by atoms with van der Waals surface area (Å²) < 4.78 is 0.977. The van der Waals surface area contributed by atoms with Crippen LogP contribution < -0.4 is 0 Å². The van der Waals surface area contributed by atoms with Gasteiger partial charge in [-0.25, -0.2) is 0 Å². The van der Waals surface area contributed by atoms with Gasteiger partial charge in [-0.3, -0.25) is 4.79 Å². The first-order chi connectivity index (χ1) is 9.02. The second-order valence-electron chi connectivity index (χ2n) is 4.95. The normalized spacial score (nSPS) is 10.3. The van der Waals surface area contributed by atoms with E-state index in [-0.39, 0.29) is 5.91 Å². The monoisotopic (exact) mass is 322 g/mol. The van der Waals surface area contributed by atoms with Gasteiger partial charge in [-0.1, -0.05) is 41.9 Å². The van der Waals surface area contributed by atoms with Crippen molar-refractivity contribution < 1.29 is 4.79 Å². The largest absolute Gasteiger partial charge is 0.341 e. The Balaban J connectivity index is 2.68. The Morgan fingerprint density at radius 2 is 2.21 bits per heavy atom. The molecule has 0 bridgehead atoms. The van der Waals surface area contributed by atoms with E-state index in [1.807, 2.05) is 24.3 Å². The van der Waals surface area contributed by atoms with Gasteiger partial charge in [-0.05, 0) is 23.6 Å². The molecular weight excluding hydrogens is 304 g/mol. The Bertz CT molecular complexity index is 465. The summed E-state index contributed by atoms with van der Waals surface area (Å²) in [4.78, 5) is 14.1. The molecule has 0 aliphatic rings. The maximum atomic E-state index is 12.3. The molecule has 0 radical (unpaired) electrons. The van der Waals surface area contributed by atoms with Crippen LogP contribution in [0, 0.1) is 17.2 Å². The lowest BCUT2D eigenvalue weighted by Gasteiger charge is -2.23. The molecule has 0 saturated carbocycles. The number of carbonyl (C=O) groups excluding carboxylic acids is 1. The second-order valence-corrected chi connectivity index (χ2v) is 5.86. The van der Waals surface area contributed by atoms with Crippen molar-refractivity contribution in [3.63, 3.8) is 0 Å². The van der Waals surface area contributed by atoms with E-state index in [2.05, 4.69) is 35.8 Å². The smallest absolute Gasteiger partial charge is 0.227 e. The van der Waals surface area contributed by atoms with E-state index >= 15 is 0 Å². The first-order valence-electron chi connectivity index (χ1n) is 6.42. The highest BCUT2D eigenvalue weighted by atomic mass is 79.9. The summed E-state index contributed by atoms with van der Waals surface area (Å²) in [5, 5.41) is 8.66. The third-order valence-corrected chi connectivity index (χ3v) is 3.17. The number of hydrogen-bond acceptors (Lipinski definition) is 2. The van der Waals surface area contributed by atoms with Gasteiger partial charge in [0.15, 0.2) is 0 Å². The summed E-state index contributed by atoms with van der Waals surface area (Å²) in [7, 11) is 0. The first kappa shape index (κ1) is 15.7. The van der Waals surface area contributed by atoms with E-state index in [0.29, 0.717) is 31.8 Å². The molecular formula is C15H19BrN2O. The Morgan fingerprint density at radius 3 is 2.79 bits per heavy atom. The molecule has 0 aromatic heterocycles. The van der Waals surface area contributed by atoms with Crippen molar-refractivity contribution >= 4 is 21.8 Å². The number of hydrogen-bond donors (Lipinski definition) is 0. The summed E-state index contributed by atoms with van der Waals surface area (Å²) in [6.07, 6.45) is 0.772. The molecule has 0 aliphatic carbocycles. The summed E-state index contributed by atoms with van der Waals surface area (Å²) in [6, 6.07) is 9.86. The number of carbonyl (C=O) groups is 1. The molecule has 0 aliphatic heterocycles. The average Bonchev–Trinajstić information content (AvgIpc) is 2.34. The molecule has 0 atom stereocenters. The molecule has 1 aromatic rings. The van der Waals surface area contributed by atoms with Crippen LogP contribution in [0.15, 0.2) is 28.7 Å². The van der Waals surface area contributed by atoms with Gasteiger partial charge in [-0.15, -0.1) is 0 Å². The molecule has 4 heteroatoms. The van der Waals surface area contributed by atoms with Gasteiger partial charge >= 0.3 is 0 Å². The van der Waals surface area contributed by atoms with Crippen LogP contribution >= 0.6 is 15.9 Å². The van der Waals surface area contributed by atoms with Crippen molar-refractivity contribution in [2.24, 2.45) is 5.92 Å². The fourth-order valence-corrected chi connectivity index (χ4v) is 2.32. The molecule has 1 aromatic carbocycles. The van der Waals surface area contributed by atoms with Gasteiger partial charge in [-0.2, -0.15) is 5.26 Å². The van der Waals surface area contributed by atoms with E-state index in [0.717, 1.165) is 10.0 Å². The van der Waals surface area contributed by atoms with Gasteiger partial charge in [0.1, 0.15) is 0 Å². The van der Waals surface area contributed by atoms with Crippen molar-refractivity contribution in [3.05, 3.63) is 34.3 Å². The molecule has 0 saturated heterocycles. The maximum absolute atomic E-state index is 12.3. The van der Waals surface area contributed by atoms with Crippen LogP contribution in [0.1, 0.15) is 25.8 Å². The zero-order chi connectivity index (χ0) is 14.3. The molecule has 0 spiro atoms. The van der Waals surface area contributed by atoms with Crippen LogP contribution in [0.5, 0.6) is 0 Å². The lowest BCUT2D eigenvalue weighted by atomic mass is 10.1. The molecule has 1 rings (SSSR count). The minimum Gasteiger partial charge on any atom is -0.341 e. The predicted octanol–water partition coefficient (Wildman–Crippen LogP) is 3.39. The highest BCUT2D eigenvalue weighted by Crippen LogP contribution is 2.13. The van der Waals surface area contributed by atoms with Crippen LogP contribution in [0.2, 0.25) is 0 Å². The zero-order valence-corrected chi connectivity index (χ0v) is 13.0. The van der Waals surface area contributed by atoms with Crippen molar-refractivity contribution in [1.29, 1.82) is 5.26 Å². The van der Waals surface area contributed by atoms with E-state index in [1.54, 1.807) is 4.90 Å². The van der Waals surface area contributed by atoms with Crippen molar-refractivity contribution in [3.8, 4) is 6.07 Å². The molecule has 19 heavy (non-hydrogen) atoms. The molecule has 0 heterocycles. The van der Waals surface area contributed by atoms with Gasteiger partial charge in [0.05, 0.1) is 18.9 Å². The lowest BCUT2D eigenvalue weighted by molar-refractivity contribution is -0.130. The number of halogens is 1. The van der Waals surface area contributed by atoms with Crippen LogP contribution in [-0.2, 0) is 11.2 Å². The Morgan fingerprint density at radius 1 is 1.47 bits per heavy atom. The highest BCUT2D eigenvalue weighted by molar-refractivity contribution is 9.10. The number of nitrogens with zero attached hydrogens (tertiary/aromatic N) is 2. The number of nitriles is 1. The first-order valence-corrected chi connectivity index (χ1v) is 7.21. The van der Waals surface area contributed by atoms with E-state index in [4.69, 9.17) is 5.26 Å². The fraction of sp³-hybridized carbons (Fsp3) is 0.467. The standard InChI is InChI=1S/C15H19BrN2O/c1-12(2)11-18(8-4-7-17)15(19)10-13-5-3-6-14(16)9-13/h3,5-6,9,12H,4,8,10-11H2,1-2H3. The molecule has 102 valence electrons. The van der Waals surface area contributed by atoms with Crippen LogP contribution in [0.3, 0.4) is 0 Å². The predicted molar refractivity (Wildman–Crippen MR) is 79.5 cm³/mol. The average molecular weight is 323 g/mol. The number of rotatable bonds is 6. The van der Waals surface area contributed by atoms with Crippen LogP contribution in [0.25, 0.3) is 0 Å². The Labute approximate surface area is 123 Å². The zero-order valence-electron chi connectivity index (χ0n) is 11.4. The summed E-state index contributed by atoms with van der Waals surface area (Å²) >= 11 is 3.40. The summed E-state index contributed by atoms with van der Waals surface area (Å²) in [5.41, 5.74) is 0.991. The SMILES string of the molecule is CC(C)CN(CCC#N)C(=O)Cc1cccc(Br)c1. The third-order valence-electron chi connectivity index (χ3n) is 2.68. The third kappa shape index (κ3) is 5.89. The number of benzene rings is 1. The van der Waals surface area contributed by atoms with Crippen LogP contribution in [0.4, 0.5) is 0 Å². The summed E-state index contributed by atoms with van der Waals surface area (Å²) in [6.45, 7) is 5.37. The fourth-order valence-electron chi connectivity index (χ4n) is 1.88. The molecule has 0 unspecified atom stereocenters. The topological polar surface area (TPSA) is 44.1 Å². The Kier molecular flexibility index (Phi) is 6.58. The lowest BCUT2D eigenvalue weighted by Crippen LogP contribution is -2.36. The summed E-state index contributed by atoms with van der Waals surface area (Å²) in [5.74, 6) is 0.493. The molecule has 1 amide bonds. The number of amides is 1. The van der Waals surface area contributed by atoms with Crippen molar-refractivity contribution in [1.82, 2.24) is 4.90 Å². The van der Waals surface area contributed by atoms with Gasteiger partial charge in [0.2, 0.25) is 5.91 Å². The van der Waals surface area contributed by atoms with Crippen LogP contribution in [-0.4, -0.2) is 23.9 Å². The van der Waals surface area contributed by atoms with E-state index in [1.165, 1.54) is 0 Å². The highest BCUT2D eigenvalue weighted by Gasteiger charge is 2.15. The van der Waals surface area contributed by atoms with Crippen molar-refractivity contribution in [2.45, 2.75) is 26.7 Å². The van der Waals surface area contributed by atoms with Gasteiger partial charge in [0, 0.05) is 17.6 Å². The maximum Gasteiger partial charge on any atom is 0.227 e. The molecule has 3 nitrogen and oxygen atoms in total. The van der Waals surface area contributed by atoms with E-state index < -0.39 is 0 Å². The van der Waals surface area contributed by atoms with E-state index in [9.17, 15) is 4.79 Å². The second kappa shape index (κ2) is 7.96. The van der Waals surface area contributed by atoms with Crippen molar-refractivity contribution in [2.75, 3.05) is 13.1 Å².